The summed E-state index contributed by atoms with van der Waals surface area (Å²) in [6.45, 7) is 4.80. The lowest BCUT2D eigenvalue weighted by atomic mass is 9.55. The molecule has 3 aliphatic rings. The van der Waals surface area contributed by atoms with Crippen molar-refractivity contribution in [1.82, 2.24) is 0 Å². The molecule has 1 aromatic carbocycles. The summed E-state index contributed by atoms with van der Waals surface area (Å²) in [6.07, 6.45) is 7.70. The molecule has 24 heavy (non-hydrogen) atoms. The molecular weight excluding hydrogens is 296 g/mol. The SMILES string of the molecule is Cc1ccc2c(c1)CCC1C2CC[C@@]2(C)C1C[C@H](CCCO)[C@@H]2O. The Morgan fingerprint density at radius 3 is 2.88 bits per heavy atom. The van der Waals surface area contributed by atoms with E-state index in [0.717, 1.165) is 25.2 Å². The first-order valence-corrected chi connectivity index (χ1v) is 9.93. The summed E-state index contributed by atoms with van der Waals surface area (Å²) in [5.41, 5.74) is 4.67. The zero-order chi connectivity index (χ0) is 16.9. The Hall–Kier alpha value is -0.860. The van der Waals surface area contributed by atoms with Gasteiger partial charge in [0.1, 0.15) is 0 Å². The predicted octanol–water partition coefficient (Wildman–Crippen LogP) is 4.21. The number of hydrogen-bond donors (Lipinski definition) is 2. The Morgan fingerprint density at radius 2 is 2.08 bits per heavy atom. The van der Waals surface area contributed by atoms with Crippen molar-refractivity contribution in [2.45, 2.75) is 70.8 Å². The first kappa shape index (κ1) is 16.6. The summed E-state index contributed by atoms with van der Waals surface area (Å²) in [4.78, 5) is 0. The van der Waals surface area contributed by atoms with Crippen molar-refractivity contribution in [3.8, 4) is 0 Å². The van der Waals surface area contributed by atoms with E-state index in [1.165, 1.54) is 31.2 Å². The molecule has 0 spiro atoms. The van der Waals surface area contributed by atoms with E-state index < -0.39 is 0 Å². The van der Waals surface area contributed by atoms with Crippen molar-refractivity contribution in [2.24, 2.45) is 23.2 Å². The van der Waals surface area contributed by atoms with Crippen LogP contribution in [0.4, 0.5) is 0 Å². The van der Waals surface area contributed by atoms with E-state index in [9.17, 15) is 10.2 Å². The van der Waals surface area contributed by atoms with E-state index in [-0.39, 0.29) is 18.1 Å². The zero-order valence-electron chi connectivity index (χ0n) is 15.2. The molecule has 0 heterocycles. The van der Waals surface area contributed by atoms with Gasteiger partial charge in [-0.25, -0.2) is 0 Å². The molecule has 0 bridgehead atoms. The maximum atomic E-state index is 11.0. The Kier molecular flexibility index (Phi) is 4.25. The molecule has 6 atom stereocenters. The van der Waals surface area contributed by atoms with Crippen molar-refractivity contribution in [3.05, 3.63) is 34.9 Å². The van der Waals surface area contributed by atoms with Crippen LogP contribution in [0.2, 0.25) is 0 Å². The lowest BCUT2D eigenvalue weighted by Gasteiger charge is -2.50. The summed E-state index contributed by atoms with van der Waals surface area (Å²) in [5.74, 6) is 2.50. The van der Waals surface area contributed by atoms with Crippen LogP contribution in [-0.4, -0.2) is 22.9 Å². The summed E-state index contributed by atoms with van der Waals surface area (Å²) in [6, 6.07) is 7.06. The van der Waals surface area contributed by atoms with Crippen molar-refractivity contribution < 1.29 is 10.2 Å². The molecule has 2 N–H and O–H groups in total. The molecule has 2 fully saturated rings. The highest BCUT2D eigenvalue weighted by atomic mass is 16.3. The lowest BCUT2D eigenvalue weighted by molar-refractivity contribution is -0.0337. The maximum Gasteiger partial charge on any atom is 0.0624 e. The molecule has 4 rings (SSSR count). The molecule has 1 aromatic rings. The van der Waals surface area contributed by atoms with Gasteiger partial charge in [-0.1, -0.05) is 30.7 Å². The van der Waals surface area contributed by atoms with Gasteiger partial charge in [-0.05, 0) is 92.1 Å². The topological polar surface area (TPSA) is 40.5 Å². The largest absolute Gasteiger partial charge is 0.396 e. The maximum absolute atomic E-state index is 11.0. The third-order valence-electron chi connectivity index (χ3n) is 7.73. The Morgan fingerprint density at radius 1 is 1.25 bits per heavy atom. The average Bonchev–Trinajstić information content (AvgIpc) is 2.84. The van der Waals surface area contributed by atoms with Gasteiger partial charge in [0, 0.05) is 6.61 Å². The highest BCUT2D eigenvalue weighted by Crippen LogP contribution is 2.62. The number of aliphatic hydroxyl groups is 2. The molecule has 3 unspecified atom stereocenters. The van der Waals surface area contributed by atoms with Gasteiger partial charge in [0.05, 0.1) is 6.10 Å². The minimum absolute atomic E-state index is 0.101. The molecule has 132 valence electrons. The van der Waals surface area contributed by atoms with Gasteiger partial charge < -0.3 is 10.2 Å². The van der Waals surface area contributed by atoms with Crippen LogP contribution in [-0.2, 0) is 6.42 Å². The van der Waals surface area contributed by atoms with Crippen LogP contribution in [0.15, 0.2) is 18.2 Å². The number of aliphatic hydroxyl groups excluding tert-OH is 2. The summed E-state index contributed by atoms with van der Waals surface area (Å²) in [7, 11) is 0. The number of benzene rings is 1. The zero-order valence-corrected chi connectivity index (χ0v) is 15.2. The van der Waals surface area contributed by atoms with E-state index in [4.69, 9.17) is 0 Å². The van der Waals surface area contributed by atoms with Gasteiger partial charge >= 0.3 is 0 Å². The average molecular weight is 328 g/mol. The van der Waals surface area contributed by atoms with Crippen molar-refractivity contribution in [1.29, 1.82) is 0 Å². The summed E-state index contributed by atoms with van der Waals surface area (Å²) in [5, 5.41) is 20.2. The van der Waals surface area contributed by atoms with E-state index in [2.05, 4.69) is 32.0 Å². The fourth-order valence-electron chi connectivity index (χ4n) is 6.49. The molecule has 0 saturated heterocycles. The number of hydrogen-bond acceptors (Lipinski definition) is 2. The second-order valence-electron chi connectivity index (χ2n) is 8.97. The summed E-state index contributed by atoms with van der Waals surface area (Å²) >= 11 is 0. The number of aryl methyl sites for hydroxylation is 2. The molecule has 0 aromatic heterocycles. The van der Waals surface area contributed by atoms with Gasteiger partial charge in [-0.3, -0.25) is 0 Å². The molecule has 2 heteroatoms. The van der Waals surface area contributed by atoms with Crippen LogP contribution in [0.5, 0.6) is 0 Å². The summed E-state index contributed by atoms with van der Waals surface area (Å²) < 4.78 is 0. The lowest BCUT2D eigenvalue weighted by Crippen LogP contribution is -2.44. The van der Waals surface area contributed by atoms with Gasteiger partial charge in [0.15, 0.2) is 0 Å². The molecule has 0 radical (unpaired) electrons. The van der Waals surface area contributed by atoms with E-state index >= 15 is 0 Å². The Labute approximate surface area is 146 Å². The third kappa shape index (κ3) is 2.45. The van der Waals surface area contributed by atoms with Gasteiger partial charge in [0.2, 0.25) is 0 Å². The molecule has 2 saturated carbocycles. The van der Waals surface area contributed by atoms with E-state index in [0.29, 0.717) is 17.8 Å². The highest BCUT2D eigenvalue weighted by molar-refractivity contribution is 5.37. The van der Waals surface area contributed by atoms with Crippen LogP contribution in [0.25, 0.3) is 0 Å². The van der Waals surface area contributed by atoms with Gasteiger partial charge in [-0.15, -0.1) is 0 Å². The van der Waals surface area contributed by atoms with Crippen LogP contribution in [0, 0.1) is 30.1 Å². The number of rotatable bonds is 3. The smallest absolute Gasteiger partial charge is 0.0624 e. The monoisotopic (exact) mass is 328 g/mol. The van der Waals surface area contributed by atoms with Crippen molar-refractivity contribution in [2.75, 3.05) is 6.61 Å². The van der Waals surface area contributed by atoms with E-state index in [1.807, 2.05) is 0 Å². The normalized spacial score (nSPS) is 40.8. The molecule has 3 aliphatic carbocycles. The molecule has 0 aliphatic heterocycles. The van der Waals surface area contributed by atoms with Gasteiger partial charge in [0.25, 0.3) is 0 Å². The third-order valence-corrected chi connectivity index (χ3v) is 7.73. The first-order valence-electron chi connectivity index (χ1n) is 9.93. The van der Waals surface area contributed by atoms with Gasteiger partial charge in [-0.2, -0.15) is 0 Å². The van der Waals surface area contributed by atoms with Crippen LogP contribution in [0.3, 0.4) is 0 Å². The molecular formula is C22H32O2. The van der Waals surface area contributed by atoms with Crippen LogP contribution in [0.1, 0.15) is 68.1 Å². The predicted molar refractivity (Wildman–Crippen MR) is 97.0 cm³/mol. The minimum Gasteiger partial charge on any atom is -0.396 e. The quantitative estimate of drug-likeness (QED) is 0.872. The second-order valence-corrected chi connectivity index (χ2v) is 8.97. The Bertz CT molecular complexity index is 610. The van der Waals surface area contributed by atoms with Crippen LogP contribution < -0.4 is 0 Å². The van der Waals surface area contributed by atoms with Crippen LogP contribution >= 0.6 is 0 Å². The van der Waals surface area contributed by atoms with Crippen molar-refractivity contribution in [3.63, 3.8) is 0 Å². The fourth-order valence-corrected chi connectivity index (χ4v) is 6.49. The van der Waals surface area contributed by atoms with E-state index in [1.54, 1.807) is 11.1 Å². The first-order chi connectivity index (χ1) is 11.5. The fraction of sp³-hybridized carbons (Fsp3) is 0.727. The standard InChI is InChI=1S/C22H32O2/c1-14-5-7-17-15(12-14)6-8-19-18(17)9-10-22(2)20(19)13-16(21(22)24)4-3-11-23/h5,7,12,16,18-21,23-24H,3-4,6,8-11,13H2,1-2H3/t16-,18?,19?,20?,21-,22-/m0/s1. The number of fused-ring (bicyclic) bond motifs is 5. The Balaban J connectivity index is 1.61. The second kappa shape index (κ2) is 6.14. The highest BCUT2D eigenvalue weighted by Gasteiger charge is 2.57. The molecule has 2 nitrogen and oxygen atoms in total. The molecule has 0 amide bonds. The minimum atomic E-state index is -0.172. The van der Waals surface area contributed by atoms with Crippen molar-refractivity contribution >= 4 is 0 Å².